The summed E-state index contributed by atoms with van der Waals surface area (Å²) < 4.78 is 0. The van der Waals surface area contributed by atoms with E-state index in [9.17, 15) is 24.6 Å². The lowest BCUT2D eigenvalue weighted by Crippen LogP contribution is -2.20. The Bertz CT molecular complexity index is 943. The third-order valence-electron chi connectivity index (χ3n) is 3.15. The van der Waals surface area contributed by atoms with E-state index < -0.39 is 23.9 Å². The van der Waals surface area contributed by atoms with E-state index in [1.807, 2.05) is 5.87 Å². The highest BCUT2D eigenvalue weighted by atomic mass is 16.4. The quantitative estimate of drug-likeness (QED) is 0.311. The highest BCUT2D eigenvalue weighted by Gasteiger charge is 2.15. The van der Waals surface area contributed by atoms with E-state index in [2.05, 4.69) is 27.3 Å². The van der Waals surface area contributed by atoms with Gasteiger partial charge >= 0.3 is 11.9 Å². The van der Waals surface area contributed by atoms with Crippen LogP contribution in [0.2, 0.25) is 0 Å². The van der Waals surface area contributed by atoms with Gasteiger partial charge in [-0.2, -0.15) is 4.99 Å². The molecule has 0 aliphatic heterocycles. The number of carbonyl (C=O) groups excluding carboxylic acids is 2. The number of carbonyl (C=O) groups is 3. The second kappa shape index (κ2) is 10.3. The van der Waals surface area contributed by atoms with E-state index in [1.165, 1.54) is 12.2 Å². The van der Waals surface area contributed by atoms with Crippen LogP contribution in [0.1, 0.15) is 16.7 Å². The van der Waals surface area contributed by atoms with Crippen LogP contribution in [0, 0.1) is 13.8 Å². The topological polar surface area (TPSA) is 137 Å². The monoisotopic (exact) mass is 368 g/mol. The van der Waals surface area contributed by atoms with Gasteiger partial charge in [-0.25, -0.2) is 4.79 Å². The van der Waals surface area contributed by atoms with E-state index in [-0.39, 0.29) is 12.2 Å². The number of aliphatic imine (C=N–C) groups is 2. The van der Waals surface area contributed by atoms with Crippen LogP contribution in [0.15, 0.2) is 45.7 Å². The summed E-state index contributed by atoms with van der Waals surface area (Å²) in [5.41, 5.74) is 6.58. The van der Waals surface area contributed by atoms with Crippen LogP contribution in [0.4, 0.5) is 0 Å². The zero-order chi connectivity index (χ0) is 20.4. The number of aliphatic carboxylic acids is 1. The van der Waals surface area contributed by atoms with E-state index >= 15 is 0 Å². The van der Waals surface area contributed by atoms with Crippen molar-refractivity contribution in [2.75, 3.05) is 0 Å². The number of allylic oxidation sites excluding steroid dienone is 2. The molecule has 2 amide bonds. The number of aliphatic hydroxyl groups is 1. The van der Waals surface area contributed by atoms with Crippen LogP contribution in [0.25, 0.3) is 0 Å². The van der Waals surface area contributed by atoms with Crippen molar-refractivity contribution in [2.24, 2.45) is 9.98 Å². The van der Waals surface area contributed by atoms with Gasteiger partial charge in [0, 0.05) is 18.2 Å². The number of hydrogen-bond acceptors (Lipinski definition) is 5. The summed E-state index contributed by atoms with van der Waals surface area (Å²) >= 11 is 0. The zero-order valence-corrected chi connectivity index (χ0v) is 14.6. The first-order valence-electron chi connectivity index (χ1n) is 7.58. The van der Waals surface area contributed by atoms with Gasteiger partial charge in [0.15, 0.2) is 0 Å². The van der Waals surface area contributed by atoms with Crippen molar-refractivity contribution < 1.29 is 29.7 Å². The van der Waals surface area contributed by atoms with Crippen LogP contribution < -0.4 is 0 Å². The van der Waals surface area contributed by atoms with Gasteiger partial charge < -0.3 is 15.3 Å². The number of phenols is 1. The molecule has 0 fully saturated rings. The Morgan fingerprint density at radius 1 is 1.07 bits per heavy atom. The van der Waals surface area contributed by atoms with Crippen molar-refractivity contribution in [3.8, 4) is 5.75 Å². The molecule has 0 aromatic heterocycles. The fraction of sp³-hybridized carbons (Fsp3) is 0.211. The molecule has 0 heterocycles. The van der Waals surface area contributed by atoms with Gasteiger partial charge in [-0.05, 0) is 54.2 Å². The predicted molar refractivity (Wildman–Crippen MR) is 96.0 cm³/mol. The van der Waals surface area contributed by atoms with Crippen LogP contribution in [-0.2, 0) is 20.8 Å². The molecule has 0 aliphatic rings. The van der Waals surface area contributed by atoms with Crippen LogP contribution in [0.3, 0.4) is 0 Å². The van der Waals surface area contributed by atoms with Gasteiger partial charge in [-0.15, -0.1) is 4.99 Å². The molecule has 0 spiro atoms. The number of aliphatic hydroxyl groups excluding tert-OH is 1. The highest BCUT2D eigenvalue weighted by Crippen LogP contribution is 2.23. The van der Waals surface area contributed by atoms with Crippen molar-refractivity contribution in [1.29, 1.82) is 0 Å². The molecule has 0 aliphatic carbocycles. The molecule has 1 aromatic rings. The van der Waals surface area contributed by atoms with E-state index in [0.717, 1.165) is 0 Å². The van der Waals surface area contributed by atoms with Crippen molar-refractivity contribution in [2.45, 2.75) is 26.4 Å². The minimum atomic E-state index is -1.71. The number of phenolic OH excluding ortho intramolecular Hbond substituents is 1. The van der Waals surface area contributed by atoms with E-state index in [4.69, 9.17) is 5.11 Å². The van der Waals surface area contributed by atoms with Gasteiger partial charge in [0.1, 0.15) is 11.9 Å². The number of rotatable bonds is 4. The largest absolute Gasteiger partial charge is 0.507 e. The zero-order valence-electron chi connectivity index (χ0n) is 14.6. The predicted octanol–water partition coefficient (Wildman–Crippen LogP) is 0.812. The Hall–Kier alpha value is -3.75. The summed E-state index contributed by atoms with van der Waals surface area (Å²) in [4.78, 5) is 38.8. The average Bonchev–Trinajstić information content (AvgIpc) is 2.61. The molecule has 8 nitrogen and oxygen atoms in total. The van der Waals surface area contributed by atoms with Crippen molar-refractivity contribution in [3.05, 3.63) is 52.4 Å². The smallest absolute Gasteiger partial charge is 0.397 e. The minimum absolute atomic E-state index is 0.0341. The summed E-state index contributed by atoms with van der Waals surface area (Å²) in [5.74, 6) is 0.413. The van der Waals surface area contributed by atoms with Crippen molar-refractivity contribution in [3.63, 3.8) is 0 Å². The molecule has 0 saturated heterocycles. The molecule has 8 heteroatoms. The standard InChI is InChI=1S/C19H16N2O6/c1-12-9-14(10-13(2)16(12)23)11-15(22)17(24)20-7-5-3-4-6-8-21-18(25)19(26)27/h3-4,9-10,15,22-23H,11H2,1-2H3,(H,26,27)/t15-/m1/s1. The Morgan fingerprint density at radius 2 is 1.59 bits per heavy atom. The molecular weight excluding hydrogens is 352 g/mol. The molecule has 1 atom stereocenters. The van der Waals surface area contributed by atoms with Crippen molar-refractivity contribution >= 4 is 29.5 Å². The average molecular weight is 368 g/mol. The minimum Gasteiger partial charge on any atom is -0.507 e. The number of carboxylic acid groups (broad SMARTS) is 1. The third-order valence-corrected chi connectivity index (χ3v) is 3.15. The number of benzene rings is 1. The van der Waals surface area contributed by atoms with E-state index in [0.29, 0.717) is 16.7 Å². The molecule has 138 valence electrons. The summed E-state index contributed by atoms with van der Waals surface area (Å²) in [6.45, 7) is 3.44. The lowest BCUT2D eigenvalue weighted by Gasteiger charge is -2.10. The number of aryl methyl sites for hydroxylation is 2. The molecule has 0 saturated carbocycles. The molecule has 1 aromatic carbocycles. The van der Waals surface area contributed by atoms with Crippen LogP contribution in [0.5, 0.6) is 5.75 Å². The maximum Gasteiger partial charge on any atom is 0.397 e. The molecule has 3 N–H and O–H groups in total. The summed E-state index contributed by atoms with van der Waals surface area (Å²) in [7, 11) is 0. The van der Waals surface area contributed by atoms with Gasteiger partial charge in [-0.1, -0.05) is 12.1 Å². The first kappa shape index (κ1) is 21.3. The Kier molecular flexibility index (Phi) is 8.11. The second-order valence-corrected chi connectivity index (χ2v) is 5.32. The normalized spacial score (nSPS) is 10.2. The number of hydrogen-bond donors (Lipinski definition) is 3. The van der Waals surface area contributed by atoms with Gasteiger partial charge in [-0.3, -0.25) is 9.59 Å². The van der Waals surface area contributed by atoms with E-state index in [1.54, 1.807) is 26.0 Å². The molecule has 0 radical (unpaired) electrons. The SMILES string of the molecule is Cc1cc(C[C@@H](O)C(=O)N=C=C=CC=C=C=NC(=O)C(=O)O)cc(C)c1O. The van der Waals surface area contributed by atoms with Gasteiger partial charge in [0.05, 0.1) is 0 Å². The molecule has 0 unspecified atom stereocenters. The maximum absolute atomic E-state index is 11.7. The molecule has 0 bridgehead atoms. The van der Waals surface area contributed by atoms with Gasteiger partial charge in [0.25, 0.3) is 5.91 Å². The number of amides is 2. The fourth-order valence-corrected chi connectivity index (χ4v) is 1.92. The highest BCUT2D eigenvalue weighted by molar-refractivity contribution is 6.32. The lowest BCUT2D eigenvalue weighted by atomic mass is 10.0. The summed E-state index contributed by atoms with van der Waals surface area (Å²) in [6, 6.07) is 3.35. The molecule has 1 rings (SSSR count). The fourth-order valence-electron chi connectivity index (χ4n) is 1.92. The van der Waals surface area contributed by atoms with Gasteiger partial charge in [0.2, 0.25) is 0 Å². The Labute approximate surface area is 154 Å². The number of aromatic hydroxyl groups is 1. The van der Waals surface area contributed by atoms with Crippen LogP contribution >= 0.6 is 0 Å². The molecular formula is C19H16N2O6. The first-order chi connectivity index (χ1) is 12.7. The Balaban J connectivity index is 2.74. The lowest BCUT2D eigenvalue weighted by molar-refractivity contribution is -0.148. The summed E-state index contributed by atoms with van der Waals surface area (Å²) in [5, 5.41) is 27.9. The number of carboxylic acids is 1. The molecule has 27 heavy (non-hydrogen) atoms. The number of nitrogens with zero attached hydrogens (tertiary/aromatic N) is 2. The Morgan fingerprint density at radius 3 is 2.11 bits per heavy atom. The third kappa shape index (κ3) is 7.34. The first-order valence-corrected chi connectivity index (χ1v) is 7.58. The maximum atomic E-state index is 11.7. The second-order valence-electron chi connectivity index (χ2n) is 5.32. The van der Waals surface area contributed by atoms with Crippen molar-refractivity contribution in [1.82, 2.24) is 0 Å². The summed E-state index contributed by atoms with van der Waals surface area (Å²) in [6.07, 6.45) is 1.06. The van der Waals surface area contributed by atoms with Crippen LogP contribution in [-0.4, -0.2) is 50.9 Å².